The summed E-state index contributed by atoms with van der Waals surface area (Å²) >= 11 is 0. The molecule has 0 saturated heterocycles. The minimum atomic E-state index is -0.511. The van der Waals surface area contributed by atoms with E-state index in [1.807, 2.05) is 0 Å². The predicted octanol–water partition coefficient (Wildman–Crippen LogP) is 4.57. The SMILES string of the molecule is O=C1C(=O)c2cccnc2-c2ncccc21.O=C1C(=O)c2cccnc2-c2ncccc21.O=C1C(=O)c2cccnc2-c2ncccc21.[Ru+2]. The van der Waals surface area contributed by atoms with Crippen molar-refractivity contribution < 1.29 is 48.2 Å². The van der Waals surface area contributed by atoms with E-state index in [0.29, 0.717) is 67.5 Å². The quantitative estimate of drug-likeness (QED) is 0.157. The fraction of sp³-hybridized carbons (Fsp3) is 0. The summed E-state index contributed by atoms with van der Waals surface area (Å²) in [6, 6.07) is 19.4. The van der Waals surface area contributed by atoms with Crippen molar-refractivity contribution in [3.05, 3.63) is 143 Å². The number of pyridine rings is 6. The van der Waals surface area contributed by atoms with Crippen LogP contribution >= 0.6 is 0 Å². The molecule has 0 unspecified atom stereocenters. The number of rotatable bonds is 0. The molecule has 13 heteroatoms. The molecule has 12 nitrogen and oxygen atoms in total. The van der Waals surface area contributed by atoms with Gasteiger partial charge in [-0.2, -0.15) is 0 Å². The molecule has 0 amide bonds. The van der Waals surface area contributed by atoms with Crippen molar-refractivity contribution >= 4 is 34.7 Å². The Kier molecular flexibility index (Phi) is 8.84. The van der Waals surface area contributed by atoms with Crippen LogP contribution in [0.2, 0.25) is 0 Å². The summed E-state index contributed by atoms with van der Waals surface area (Å²) in [6.45, 7) is 0. The third-order valence-electron chi connectivity index (χ3n) is 7.61. The molecule has 0 bridgehead atoms. The first kappa shape index (κ1) is 32.5. The topological polar surface area (TPSA) is 180 Å². The van der Waals surface area contributed by atoms with Gasteiger partial charge in [0.25, 0.3) is 0 Å². The number of fused-ring (bicyclic) bond motifs is 9. The third kappa shape index (κ3) is 5.62. The number of hydrogen-bond donors (Lipinski definition) is 0. The molecule has 0 saturated carbocycles. The van der Waals surface area contributed by atoms with Crippen LogP contribution in [0.15, 0.2) is 110 Å². The first-order chi connectivity index (χ1) is 23.4. The molecule has 0 atom stereocenters. The van der Waals surface area contributed by atoms with E-state index in [1.165, 1.54) is 0 Å². The van der Waals surface area contributed by atoms with Gasteiger partial charge in [0.1, 0.15) is 34.2 Å². The summed E-state index contributed by atoms with van der Waals surface area (Å²) < 4.78 is 0. The average Bonchev–Trinajstić information content (AvgIpc) is 3.15. The van der Waals surface area contributed by atoms with Gasteiger partial charge in [-0.05, 0) is 72.8 Å². The maximum absolute atomic E-state index is 11.8. The van der Waals surface area contributed by atoms with Gasteiger partial charge in [-0.15, -0.1) is 0 Å². The molecule has 9 rings (SSSR count). The standard InChI is InChI=1S/3C12H6N2O2.Ru/c3*15-11-7-3-1-5-13-9(7)10-8(12(11)16)4-2-6-14-10;/h3*1-6H;/q;;;+2. The summed E-state index contributed by atoms with van der Waals surface area (Å²) in [7, 11) is 0. The van der Waals surface area contributed by atoms with Crippen LogP contribution in [-0.4, -0.2) is 64.6 Å². The fourth-order valence-corrected chi connectivity index (χ4v) is 5.40. The van der Waals surface area contributed by atoms with Gasteiger partial charge in [0.15, 0.2) is 0 Å². The van der Waals surface area contributed by atoms with Crippen LogP contribution in [0.5, 0.6) is 0 Å². The summed E-state index contributed by atoms with van der Waals surface area (Å²) in [6.07, 6.45) is 9.50. The van der Waals surface area contributed by atoms with Crippen LogP contribution in [0.4, 0.5) is 0 Å². The minimum Gasteiger partial charge on any atom is -0.285 e. The van der Waals surface area contributed by atoms with E-state index in [1.54, 1.807) is 110 Å². The summed E-state index contributed by atoms with van der Waals surface area (Å²) in [5.41, 5.74) is 4.92. The minimum absolute atomic E-state index is 0. The summed E-state index contributed by atoms with van der Waals surface area (Å²) in [4.78, 5) is 95.2. The van der Waals surface area contributed by atoms with Gasteiger partial charge in [-0.25, -0.2) is 0 Å². The number of carbonyl (C=O) groups excluding carboxylic acids is 6. The van der Waals surface area contributed by atoms with Gasteiger partial charge in [0.2, 0.25) is 34.7 Å². The molecule has 0 N–H and O–H groups in total. The van der Waals surface area contributed by atoms with Crippen LogP contribution in [-0.2, 0) is 19.5 Å². The Labute approximate surface area is 289 Å². The molecule has 234 valence electrons. The van der Waals surface area contributed by atoms with Crippen LogP contribution in [0.25, 0.3) is 34.2 Å². The Morgan fingerprint density at radius 1 is 0.265 bits per heavy atom. The molecule has 0 aromatic carbocycles. The Morgan fingerprint density at radius 3 is 0.551 bits per heavy atom. The smallest absolute Gasteiger partial charge is 0.285 e. The van der Waals surface area contributed by atoms with E-state index in [2.05, 4.69) is 29.9 Å². The van der Waals surface area contributed by atoms with E-state index >= 15 is 0 Å². The van der Waals surface area contributed by atoms with Gasteiger partial charge >= 0.3 is 19.5 Å². The fourth-order valence-electron chi connectivity index (χ4n) is 5.40. The second-order valence-corrected chi connectivity index (χ2v) is 10.4. The van der Waals surface area contributed by atoms with Crippen molar-refractivity contribution in [1.29, 1.82) is 0 Å². The Morgan fingerprint density at radius 2 is 0.408 bits per heavy atom. The van der Waals surface area contributed by atoms with E-state index in [4.69, 9.17) is 0 Å². The van der Waals surface area contributed by atoms with Crippen molar-refractivity contribution in [2.75, 3.05) is 0 Å². The van der Waals surface area contributed by atoms with Gasteiger partial charge in [0.05, 0.1) is 33.4 Å². The van der Waals surface area contributed by atoms with Crippen molar-refractivity contribution in [2.24, 2.45) is 0 Å². The molecule has 0 spiro atoms. The average molecular weight is 732 g/mol. The Balaban J connectivity index is 0.000000126. The number of nitrogens with zero attached hydrogens (tertiary/aromatic N) is 6. The van der Waals surface area contributed by atoms with E-state index < -0.39 is 34.7 Å². The molecule has 3 aliphatic rings. The maximum Gasteiger partial charge on any atom is 2.00 e. The van der Waals surface area contributed by atoms with Gasteiger partial charge in [0, 0.05) is 37.2 Å². The zero-order valence-corrected chi connectivity index (χ0v) is 26.6. The molecule has 6 aromatic rings. The molecular weight excluding hydrogens is 714 g/mol. The second kappa shape index (κ2) is 13.3. The van der Waals surface area contributed by atoms with Crippen LogP contribution in [0.1, 0.15) is 62.1 Å². The van der Waals surface area contributed by atoms with Gasteiger partial charge in [-0.3, -0.25) is 58.7 Å². The number of Topliss-reactive ketones (excluding diaryl/α,β-unsaturated/α-hetero) is 6. The van der Waals surface area contributed by atoms with Crippen LogP contribution in [0.3, 0.4) is 0 Å². The van der Waals surface area contributed by atoms with Crippen LogP contribution < -0.4 is 0 Å². The second-order valence-electron chi connectivity index (χ2n) is 10.4. The first-order valence-electron chi connectivity index (χ1n) is 14.3. The number of aromatic nitrogens is 6. The zero-order chi connectivity index (χ0) is 33.4. The molecule has 0 aliphatic heterocycles. The van der Waals surface area contributed by atoms with Gasteiger partial charge < -0.3 is 0 Å². The monoisotopic (exact) mass is 732 g/mol. The van der Waals surface area contributed by atoms with Crippen molar-refractivity contribution in [3.63, 3.8) is 0 Å². The first-order valence-corrected chi connectivity index (χ1v) is 14.3. The summed E-state index contributed by atoms with van der Waals surface area (Å²) in [5.74, 6) is -3.06. The molecule has 0 radical (unpaired) electrons. The number of carbonyl (C=O) groups is 6. The zero-order valence-electron chi connectivity index (χ0n) is 24.9. The summed E-state index contributed by atoms with van der Waals surface area (Å²) in [5, 5.41) is 0. The number of hydrogen-bond acceptors (Lipinski definition) is 12. The molecule has 6 aromatic heterocycles. The number of ketones is 6. The maximum atomic E-state index is 11.8. The Hall–Kier alpha value is -6.46. The van der Waals surface area contributed by atoms with Crippen molar-refractivity contribution in [3.8, 4) is 34.2 Å². The third-order valence-corrected chi connectivity index (χ3v) is 7.61. The largest absolute Gasteiger partial charge is 2.00 e. The predicted molar refractivity (Wildman–Crippen MR) is 168 cm³/mol. The molecule has 6 heterocycles. The molecular formula is C36H18N6O6Ru+2. The van der Waals surface area contributed by atoms with E-state index in [0.717, 1.165) is 0 Å². The molecule has 0 fully saturated rings. The van der Waals surface area contributed by atoms with E-state index in [-0.39, 0.29) is 19.5 Å². The molecule has 3 aliphatic carbocycles. The Bertz CT molecular complexity index is 1960. The normalized spacial score (nSPS) is 13.0. The van der Waals surface area contributed by atoms with Gasteiger partial charge in [-0.1, -0.05) is 0 Å². The molecule has 49 heavy (non-hydrogen) atoms. The van der Waals surface area contributed by atoms with E-state index in [9.17, 15) is 28.8 Å². The van der Waals surface area contributed by atoms with Crippen molar-refractivity contribution in [2.45, 2.75) is 0 Å². The van der Waals surface area contributed by atoms with Crippen molar-refractivity contribution in [1.82, 2.24) is 29.9 Å². The van der Waals surface area contributed by atoms with Crippen LogP contribution in [0, 0.1) is 0 Å².